The fourth-order valence-electron chi connectivity index (χ4n) is 1.96. The molecule has 0 saturated carbocycles. The third-order valence-electron chi connectivity index (χ3n) is 2.72. The Bertz CT molecular complexity index is 305. The van der Waals surface area contributed by atoms with Crippen LogP contribution in [-0.4, -0.2) is 50.1 Å². The predicted molar refractivity (Wildman–Crippen MR) is 62.2 cm³/mol. The van der Waals surface area contributed by atoms with Gasteiger partial charge in [0.2, 0.25) is 0 Å². The van der Waals surface area contributed by atoms with Crippen LogP contribution in [0.4, 0.5) is 0 Å². The van der Waals surface area contributed by atoms with E-state index in [1.165, 1.54) is 8.61 Å². The summed E-state index contributed by atoms with van der Waals surface area (Å²) in [7, 11) is -0.148. The van der Waals surface area contributed by atoms with Gasteiger partial charge < -0.3 is 0 Å². The fraction of sp³-hybridized carbons (Fsp3) is 1.00. The lowest BCUT2D eigenvalue weighted by molar-refractivity contribution is 0.216. The topological polar surface area (TPSA) is 40.6 Å². The van der Waals surface area contributed by atoms with Crippen molar-refractivity contribution in [2.45, 2.75) is 13.3 Å². The van der Waals surface area contributed by atoms with Crippen LogP contribution < -0.4 is 0 Å². The van der Waals surface area contributed by atoms with E-state index in [-0.39, 0.29) is 5.92 Å². The molecule has 4 nitrogen and oxygen atoms in total. The summed E-state index contributed by atoms with van der Waals surface area (Å²) in [4.78, 5) is 0. The smallest absolute Gasteiger partial charge is 0.195 e. The van der Waals surface area contributed by atoms with Crippen LogP contribution in [-0.2, 0) is 10.2 Å². The number of piperidine rings is 1. The highest BCUT2D eigenvalue weighted by molar-refractivity contribution is 7.86. The highest BCUT2D eigenvalue weighted by Gasteiger charge is 2.32. The third kappa shape index (κ3) is 3.06. The van der Waals surface area contributed by atoms with E-state index in [9.17, 15) is 8.42 Å². The first kappa shape index (κ1) is 13.2. The summed E-state index contributed by atoms with van der Waals surface area (Å²) in [5, 5.41) is 0. The highest BCUT2D eigenvalue weighted by atomic mass is 35.5. The summed E-state index contributed by atoms with van der Waals surface area (Å²) in [6.07, 6.45) is 1.02. The number of nitrogens with zero attached hydrogens (tertiary/aromatic N) is 2. The van der Waals surface area contributed by atoms with Gasteiger partial charge in [-0.3, -0.25) is 0 Å². The van der Waals surface area contributed by atoms with Crippen molar-refractivity contribution >= 4 is 21.8 Å². The van der Waals surface area contributed by atoms with E-state index in [0.29, 0.717) is 24.9 Å². The van der Waals surface area contributed by atoms with Gasteiger partial charge in [-0.25, -0.2) is 0 Å². The van der Waals surface area contributed by atoms with Gasteiger partial charge in [0.25, 0.3) is 10.2 Å². The predicted octanol–water partition coefficient (Wildman–Crippen LogP) is 0.990. The van der Waals surface area contributed by atoms with Crippen LogP contribution >= 0.6 is 11.6 Å². The Morgan fingerprint density at radius 2 is 2.00 bits per heavy atom. The molecule has 0 aromatic rings. The SMILES string of the molecule is CC1CC(CCl)CN(S(=O)(=O)N(C)C)C1. The second kappa shape index (κ2) is 4.99. The zero-order chi connectivity index (χ0) is 11.6. The van der Waals surface area contributed by atoms with E-state index in [1.807, 2.05) is 0 Å². The molecule has 90 valence electrons. The molecule has 0 bridgehead atoms. The Hall–Kier alpha value is 0.160. The molecular weight excluding hydrogens is 236 g/mol. The number of hydrogen-bond acceptors (Lipinski definition) is 2. The molecule has 1 rings (SSSR count). The van der Waals surface area contributed by atoms with Crippen LogP contribution in [0.15, 0.2) is 0 Å². The van der Waals surface area contributed by atoms with Crippen molar-refractivity contribution in [2.24, 2.45) is 11.8 Å². The minimum Gasteiger partial charge on any atom is -0.195 e. The molecule has 15 heavy (non-hydrogen) atoms. The standard InChI is InChI=1S/C9H19ClN2O2S/c1-8-4-9(5-10)7-12(6-8)15(13,14)11(2)3/h8-9H,4-7H2,1-3H3. The molecule has 1 heterocycles. The molecule has 0 aliphatic carbocycles. The minimum atomic E-state index is -3.27. The van der Waals surface area contributed by atoms with Gasteiger partial charge in [-0.2, -0.15) is 17.0 Å². The van der Waals surface area contributed by atoms with Gasteiger partial charge in [-0.1, -0.05) is 6.92 Å². The Morgan fingerprint density at radius 3 is 2.47 bits per heavy atom. The van der Waals surface area contributed by atoms with Crippen LogP contribution in [0.25, 0.3) is 0 Å². The molecule has 1 aliphatic heterocycles. The van der Waals surface area contributed by atoms with Gasteiger partial charge >= 0.3 is 0 Å². The number of alkyl halides is 1. The van der Waals surface area contributed by atoms with Gasteiger partial charge in [0.1, 0.15) is 0 Å². The Morgan fingerprint density at radius 1 is 1.40 bits per heavy atom. The maximum Gasteiger partial charge on any atom is 0.281 e. The molecule has 0 radical (unpaired) electrons. The lowest BCUT2D eigenvalue weighted by Gasteiger charge is -2.36. The fourth-order valence-corrected chi connectivity index (χ4v) is 3.49. The third-order valence-corrected chi connectivity index (χ3v) is 5.03. The van der Waals surface area contributed by atoms with Crippen LogP contribution in [0.1, 0.15) is 13.3 Å². The summed E-state index contributed by atoms with van der Waals surface area (Å²) in [6, 6.07) is 0. The van der Waals surface area contributed by atoms with Crippen LogP contribution in [0.2, 0.25) is 0 Å². The minimum absolute atomic E-state index is 0.283. The van der Waals surface area contributed by atoms with Crippen molar-refractivity contribution in [1.29, 1.82) is 0 Å². The Balaban J connectivity index is 2.78. The summed E-state index contributed by atoms with van der Waals surface area (Å²) in [5.41, 5.74) is 0. The van der Waals surface area contributed by atoms with Gasteiger partial charge in [0.15, 0.2) is 0 Å². The monoisotopic (exact) mass is 254 g/mol. The zero-order valence-corrected chi connectivity index (χ0v) is 11.1. The molecular formula is C9H19ClN2O2S. The molecule has 1 fully saturated rings. The summed E-state index contributed by atoms with van der Waals surface area (Å²) in [5.74, 6) is 1.20. The van der Waals surface area contributed by atoms with Crippen molar-refractivity contribution in [2.75, 3.05) is 33.1 Å². The van der Waals surface area contributed by atoms with E-state index in [4.69, 9.17) is 11.6 Å². The summed E-state index contributed by atoms with van der Waals surface area (Å²) in [6.45, 7) is 3.22. The van der Waals surface area contributed by atoms with E-state index in [1.54, 1.807) is 14.1 Å². The van der Waals surface area contributed by atoms with Crippen LogP contribution in [0.3, 0.4) is 0 Å². The quantitative estimate of drug-likeness (QED) is 0.705. The molecule has 0 amide bonds. The summed E-state index contributed by atoms with van der Waals surface area (Å²) >= 11 is 5.81. The van der Waals surface area contributed by atoms with E-state index >= 15 is 0 Å². The molecule has 2 unspecified atom stereocenters. The normalized spacial score (nSPS) is 29.7. The average molecular weight is 255 g/mol. The van der Waals surface area contributed by atoms with E-state index in [0.717, 1.165) is 6.42 Å². The second-order valence-corrected chi connectivity index (χ2v) is 6.92. The maximum atomic E-state index is 11.9. The van der Waals surface area contributed by atoms with E-state index in [2.05, 4.69) is 6.92 Å². The first-order chi connectivity index (χ1) is 6.87. The second-order valence-electron chi connectivity index (χ2n) is 4.47. The van der Waals surface area contributed by atoms with Crippen LogP contribution in [0, 0.1) is 11.8 Å². The molecule has 1 saturated heterocycles. The molecule has 2 atom stereocenters. The van der Waals surface area contributed by atoms with Crippen molar-refractivity contribution in [1.82, 2.24) is 8.61 Å². The summed E-state index contributed by atoms with van der Waals surface area (Å²) < 4.78 is 26.6. The van der Waals surface area contributed by atoms with Gasteiger partial charge in [-0.05, 0) is 18.3 Å². The first-order valence-corrected chi connectivity index (χ1v) is 7.04. The number of halogens is 1. The van der Waals surface area contributed by atoms with Gasteiger partial charge in [0.05, 0.1) is 0 Å². The molecule has 0 spiro atoms. The molecule has 0 aromatic carbocycles. The number of hydrogen-bond donors (Lipinski definition) is 0. The van der Waals surface area contributed by atoms with E-state index < -0.39 is 10.2 Å². The average Bonchev–Trinajstić information content (AvgIpc) is 2.16. The molecule has 1 aliphatic rings. The number of rotatable bonds is 3. The van der Waals surface area contributed by atoms with Crippen molar-refractivity contribution in [3.63, 3.8) is 0 Å². The molecule has 6 heteroatoms. The van der Waals surface area contributed by atoms with Gasteiger partial charge in [0, 0.05) is 33.1 Å². The van der Waals surface area contributed by atoms with Crippen LogP contribution in [0.5, 0.6) is 0 Å². The molecule has 0 aromatic heterocycles. The van der Waals surface area contributed by atoms with Crippen molar-refractivity contribution < 1.29 is 8.42 Å². The Labute approximate surface area is 97.4 Å². The van der Waals surface area contributed by atoms with Crippen molar-refractivity contribution in [3.05, 3.63) is 0 Å². The maximum absolute atomic E-state index is 11.9. The molecule has 0 N–H and O–H groups in total. The largest absolute Gasteiger partial charge is 0.281 e. The lowest BCUT2D eigenvalue weighted by atomic mass is 9.93. The lowest BCUT2D eigenvalue weighted by Crippen LogP contribution is -2.48. The first-order valence-electron chi connectivity index (χ1n) is 5.11. The Kier molecular flexibility index (Phi) is 4.40. The van der Waals surface area contributed by atoms with Gasteiger partial charge in [-0.15, -0.1) is 11.6 Å². The zero-order valence-electron chi connectivity index (χ0n) is 9.48. The van der Waals surface area contributed by atoms with Crippen molar-refractivity contribution in [3.8, 4) is 0 Å². The highest BCUT2D eigenvalue weighted by Crippen LogP contribution is 2.25.